The molecule has 1 heterocycles. The molecule has 1 fully saturated rings. The van der Waals surface area contributed by atoms with E-state index in [1.807, 2.05) is 25.1 Å². The molecule has 0 spiro atoms. The molecule has 0 radical (unpaired) electrons. The van der Waals surface area contributed by atoms with Gasteiger partial charge in [-0.1, -0.05) is 11.6 Å². The van der Waals surface area contributed by atoms with Gasteiger partial charge in [0, 0.05) is 29.9 Å². The number of hydrogen-bond acceptors (Lipinski definition) is 4. The molecule has 1 aliphatic rings. The number of carbonyl (C=O) groups is 1. The van der Waals surface area contributed by atoms with Gasteiger partial charge < -0.3 is 20.1 Å². The van der Waals surface area contributed by atoms with E-state index in [0.29, 0.717) is 17.3 Å². The standard InChI is InChI=1S/C20H23ClN2O3/c1-2-26-19-13-15(7-8-17(19)23-10-4-3-5-11-23)22-20(25)16-12-14(21)6-9-18(16)24/h6-9,12-13,24H,2-5,10-11H2,1H3,(H,22,25). The lowest BCUT2D eigenvalue weighted by atomic mass is 10.1. The molecule has 138 valence electrons. The molecule has 5 nitrogen and oxygen atoms in total. The number of aromatic hydroxyl groups is 1. The lowest BCUT2D eigenvalue weighted by Crippen LogP contribution is -2.29. The molecule has 0 atom stereocenters. The second-order valence-electron chi connectivity index (χ2n) is 6.28. The molecule has 3 rings (SSSR count). The lowest BCUT2D eigenvalue weighted by molar-refractivity contribution is 0.102. The van der Waals surface area contributed by atoms with Crippen molar-refractivity contribution in [2.75, 3.05) is 29.9 Å². The third kappa shape index (κ3) is 4.22. The van der Waals surface area contributed by atoms with Crippen LogP contribution >= 0.6 is 11.6 Å². The molecular formula is C20H23ClN2O3. The first-order valence-corrected chi connectivity index (χ1v) is 9.28. The zero-order chi connectivity index (χ0) is 18.5. The average molecular weight is 375 g/mol. The summed E-state index contributed by atoms with van der Waals surface area (Å²) in [5, 5.41) is 13.1. The van der Waals surface area contributed by atoms with Crippen LogP contribution in [0, 0.1) is 0 Å². The molecule has 2 aromatic rings. The molecule has 0 aliphatic carbocycles. The van der Waals surface area contributed by atoms with Crippen molar-refractivity contribution in [2.24, 2.45) is 0 Å². The van der Waals surface area contributed by atoms with Crippen LogP contribution in [-0.2, 0) is 0 Å². The Hall–Kier alpha value is -2.40. The highest BCUT2D eigenvalue weighted by Gasteiger charge is 2.17. The Kier molecular flexibility index (Phi) is 5.89. The van der Waals surface area contributed by atoms with Gasteiger partial charge >= 0.3 is 0 Å². The Balaban J connectivity index is 1.82. The minimum atomic E-state index is -0.418. The number of anilines is 2. The largest absolute Gasteiger partial charge is 0.507 e. The first kappa shape index (κ1) is 18.4. The second-order valence-corrected chi connectivity index (χ2v) is 6.72. The number of hydrogen-bond donors (Lipinski definition) is 2. The van der Waals surface area contributed by atoms with Crippen LogP contribution < -0.4 is 15.0 Å². The van der Waals surface area contributed by atoms with Crippen molar-refractivity contribution in [2.45, 2.75) is 26.2 Å². The van der Waals surface area contributed by atoms with Crippen LogP contribution in [0.25, 0.3) is 0 Å². The Morgan fingerprint density at radius 1 is 1.19 bits per heavy atom. The topological polar surface area (TPSA) is 61.8 Å². The fourth-order valence-corrected chi connectivity index (χ4v) is 3.32. The molecule has 0 bridgehead atoms. The van der Waals surface area contributed by atoms with Gasteiger partial charge in [-0.2, -0.15) is 0 Å². The van der Waals surface area contributed by atoms with Crippen LogP contribution in [0.15, 0.2) is 36.4 Å². The summed E-state index contributed by atoms with van der Waals surface area (Å²) < 4.78 is 5.80. The zero-order valence-corrected chi connectivity index (χ0v) is 15.6. The van der Waals surface area contributed by atoms with Gasteiger partial charge in [-0.05, 0) is 56.5 Å². The van der Waals surface area contributed by atoms with Crippen LogP contribution in [0.4, 0.5) is 11.4 Å². The van der Waals surface area contributed by atoms with Gasteiger partial charge in [0.25, 0.3) is 5.91 Å². The molecule has 26 heavy (non-hydrogen) atoms. The molecular weight excluding hydrogens is 352 g/mol. The maximum Gasteiger partial charge on any atom is 0.259 e. The molecule has 0 unspecified atom stereocenters. The second kappa shape index (κ2) is 8.32. The first-order chi connectivity index (χ1) is 12.6. The smallest absolute Gasteiger partial charge is 0.259 e. The number of amides is 1. The fourth-order valence-electron chi connectivity index (χ4n) is 3.15. The number of phenols is 1. The third-order valence-electron chi connectivity index (χ3n) is 4.42. The summed E-state index contributed by atoms with van der Waals surface area (Å²) in [7, 11) is 0. The quantitative estimate of drug-likeness (QED) is 0.797. The van der Waals surface area contributed by atoms with Crippen molar-refractivity contribution >= 4 is 28.9 Å². The summed E-state index contributed by atoms with van der Waals surface area (Å²) >= 11 is 5.92. The number of phenolic OH excluding ortho intramolecular Hbond substituents is 1. The van der Waals surface area contributed by atoms with E-state index in [1.165, 1.54) is 37.5 Å². The van der Waals surface area contributed by atoms with Gasteiger partial charge in [-0.3, -0.25) is 4.79 Å². The van der Waals surface area contributed by atoms with Crippen LogP contribution in [0.3, 0.4) is 0 Å². The lowest BCUT2D eigenvalue weighted by Gasteiger charge is -2.30. The van der Waals surface area contributed by atoms with Crippen LogP contribution in [0.1, 0.15) is 36.5 Å². The van der Waals surface area contributed by atoms with Gasteiger partial charge in [0.05, 0.1) is 17.9 Å². The molecule has 2 aromatic carbocycles. The summed E-state index contributed by atoms with van der Waals surface area (Å²) in [6.07, 6.45) is 3.62. The minimum absolute atomic E-state index is 0.109. The van der Waals surface area contributed by atoms with Gasteiger partial charge in [0.1, 0.15) is 11.5 Å². The number of rotatable bonds is 5. The van der Waals surface area contributed by atoms with E-state index < -0.39 is 5.91 Å². The van der Waals surface area contributed by atoms with Crippen molar-refractivity contribution in [3.05, 3.63) is 47.0 Å². The molecule has 0 aromatic heterocycles. The summed E-state index contributed by atoms with van der Waals surface area (Å²) in [5.74, 6) is 0.225. The van der Waals surface area contributed by atoms with Gasteiger partial charge in [-0.25, -0.2) is 0 Å². The van der Waals surface area contributed by atoms with Gasteiger partial charge in [0.15, 0.2) is 0 Å². The highest BCUT2D eigenvalue weighted by molar-refractivity contribution is 6.31. The molecule has 2 N–H and O–H groups in total. The number of piperidine rings is 1. The van der Waals surface area contributed by atoms with Crippen molar-refractivity contribution in [3.63, 3.8) is 0 Å². The van der Waals surface area contributed by atoms with Crippen molar-refractivity contribution in [1.82, 2.24) is 0 Å². The highest BCUT2D eigenvalue weighted by Crippen LogP contribution is 2.34. The number of halogens is 1. The maximum absolute atomic E-state index is 12.5. The maximum atomic E-state index is 12.5. The van der Waals surface area contributed by atoms with Crippen LogP contribution in [0.2, 0.25) is 5.02 Å². The average Bonchev–Trinajstić information content (AvgIpc) is 2.65. The van der Waals surface area contributed by atoms with Gasteiger partial charge in [0.2, 0.25) is 0 Å². The number of ether oxygens (including phenoxy) is 1. The predicted molar refractivity (Wildman–Crippen MR) is 105 cm³/mol. The molecule has 1 saturated heterocycles. The zero-order valence-electron chi connectivity index (χ0n) is 14.8. The first-order valence-electron chi connectivity index (χ1n) is 8.90. The fraction of sp³-hybridized carbons (Fsp3) is 0.350. The third-order valence-corrected chi connectivity index (χ3v) is 4.65. The Bertz CT molecular complexity index is 789. The SMILES string of the molecule is CCOc1cc(NC(=O)c2cc(Cl)ccc2O)ccc1N1CCCCC1. The highest BCUT2D eigenvalue weighted by atomic mass is 35.5. The monoisotopic (exact) mass is 374 g/mol. The Labute approximate surface area is 158 Å². The number of carbonyl (C=O) groups excluding carboxylic acids is 1. The van der Waals surface area contributed by atoms with E-state index >= 15 is 0 Å². The molecule has 1 amide bonds. The number of benzene rings is 2. The minimum Gasteiger partial charge on any atom is -0.507 e. The number of nitrogens with zero attached hydrogens (tertiary/aromatic N) is 1. The van der Waals surface area contributed by atoms with Crippen molar-refractivity contribution in [1.29, 1.82) is 0 Å². The van der Waals surface area contributed by atoms with E-state index in [0.717, 1.165) is 24.5 Å². The van der Waals surface area contributed by atoms with E-state index in [2.05, 4.69) is 10.2 Å². The van der Waals surface area contributed by atoms with Gasteiger partial charge in [-0.15, -0.1) is 0 Å². The van der Waals surface area contributed by atoms with Crippen molar-refractivity contribution in [3.8, 4) is 11.5 Å². The molecule has 6 heteroatoms. The number of nitrogens with one attached hydrogen (secondary N) is 1. The van der Waals surface area contributed by atoms with E-state index in [4.69, 9.17) is 16.3 Å². The predicted octanol–water partition coefficient (Wildman–Crippen LogP) is 4.69. The molecule has 1 aliphatic heterocycles. The van der Waals surface area contributed by atoms with E-state index in [1.54, 1.807) is 0 Å². The summed E-state index contributed by atoms with van der Waals surface area (Å²) in [4.78, 5) is 14.8. The Morgan fingerprint density at radius 3 is 2.69 bits per heavy atom. The summed E-state index contributed by atoms with van der Waals surface area (Å²) in [6.45, 7) is 4.52. The van der Waals surface area contributed by atoms with Crippen LogP contribution in [0.5, 0.6) is 11.5 Å². The van der Waals surface area contributed by atoms with E-state index in [-0.39, 0.29) is 11.3 Å². The Morgan fingerprint density at radius 2 is 1.96 bits per heavy atom. The molecule has 0 saturated carbocycles. The summed E-state index contributed by atoms with van der Waals surface area (Å²) in [6, 6.07) is 10.0. The van der Waals surface area contributed by atoms with E-state index in [9.17, 15) is 9.90 Å². The summed E-state index contributed by atoms with van der Waals surface area (Å²) in [5.41, 5.74) is 1.80. The normalized spacial score (nSPS) is 14.2. The van der Waals surface area contributed by atoms with Crippen molar-refractivity contribution < 1.29 is 14.6 Å². The van der Waals surface area contributed by atoms with Crippen LogP contribution in [-0.4, -0.2) is 30.7 Å².